The number of benzene rings is 2. The molecule has 4 heteroatoms. The molecular formula is C21H26N2O2. The van der Waals surface area contributed by atoms with Crippen molar-refractivity contribution in [3.63, 3.8) is 0 Å². The highest BCUT2D eigenvalue weighted by Gasteiger charge is 2.23. The lowest BCUT2D eigenvalue weighted by Crippen LogP contribution is -2.44. The van der Waals surface area contributed by atoms with Crippen LogP contribution < -0.4 is 10.1 Å². The summed E-state index contributed by atoms with van der Waals surface area (Å²) in [6, 6.07) is 18.2. The summed E-state index contributed by atoms with van der Waals surface area (Å²) in [6.45, 7) is 4.96. The minimum absolute atomic E-state index is 0.0295. The van der Waals surface area contributed by atoms with Crippen LogP contribution >= 0.6 is 0 Å². The second kappa shape index (κ2) is 8.56. The standard InChI is InChI=1S/C21H26N2O2/c1-17-6-5-9-20(14-17)25-16-19-10-12-23(13-11-19)21(24)22-15-18-7-3-2-4-8-18/h2-9,14,19H,10-13,15-16H2,1H3,(H,22,24). The number of piperidine rings is 1. The van der Waals surface area contributed by atoms with Gasteiger partial charge in [0.15, 0.2) is 0 Å². The van der Waals surface area contributed by atoms with Crippen LogP contribution in [0.1, 0.15) is 24.0 Å². The number of amides is 2. The van der Waals surface area contributed by atoms with Gasteiger partial charge in [0.2, 0.25) is 0 Å². The highest BCUT2D eigenvalue weighted by Crippen LogP contribution is 2.20. The van der Waals surface area contributed by atoms with Gasteiger partial charge in [-0.05, 0) is 48.9 Å². The van der Waals surface area contributed by atoms with E-state index in [9.17, 15) is 4.79 Å². The summed E-state index contributed by atoms with van der Waals surface area (Å²) in [5, 5.41) is 3.00. The van der Waals surface area contributed by atoms with Crippen molar-refractivity contribution in [1.29, 1.82) is 0 Å². The summed E-state index contributed by atoms with van der Waals surface area (Å²) in [6.07, 6.45) is 1.98. The third-order valence-corrected chi connectivity index (χ3v) is 4.66. The van der Waals surface area contributed by atoms with Crippen molar-refractivity contribution in [2.24, 2.45) is 5.92 Å². The third-order valence-electron chi connectivity index (χ3n) is 4.66. The molecule has 0 aliphatic carbocycles. The molecule has 1 N–H and O–H groups in total. The molecule has 0 saturated carbocycles. The predicted octanol–water partition coefficient (Wildman–Crippen LogP) is 4.00. The van der Waals surface area contributed by atoms with Gasteiger partial charge in [0.1, 0.15) is 5.75 Å². The Morgan fingerprint density at radius 1 is 1.12 bits per heavy atom. The van der Waals surface area contributed by atoms with Crippen LogP contribution in [0.25, 0.3) is 0 Å². The van der Waals surface area contributed by atoms with Crippen LogP contribution in [0.3, 0.4) is 0 Å². The van der Waals surface area contributed by atoms with E-state index < -0.39 is 0 Å². The third kappa shape index (κ3) is 5.24. The van der Waals surface area contributed by atoms with E-state index in [1.54, 1.807) is 0 Å². The summed E-state index contributed by atoms with van der Waals surface area (Å²) in [5.41, 5.74) is 2.33. The van der Waals surface area contributed by atoms with Crippen LogP contribution in [0.2, 0.25) is 0 Å². The minimum Gasteiger partial charge on any atom is -0.493 e. The van der Waals surface area contributed by atoms with E-state index in [0.29, 0.717) is 12.5 Å². The monoisotopic (exact) mass is 338 g/mol. The first kappa shape index (κ1) is 17.3. The molecule has 0 radical (unpaired) electrons. The Morgan fingerprint density at radius 3 is 2.60 bits per heavy atom. The molecule has 0 spiro atoms. The molecule has 25 heavy (non-hydrogen) atoms. The molecule has 1 heterocycles. The number of likely N-dealkylation sites (tertiary alicyclic amines) is 1. The maximum Gasteiger partial charge on any atom is 0.317 e. The Kier molecular flexibility index (Phi) is 5.94. The molecule has 0 atom stereocenters. The van der Waals surface area contributed by atoms with Crippen LogP contribution in [-0.4, -0.2) is 30.6 Å². The number of nitrogens with one attached hydrogen (secondary N) is 1. The van der Waals surface area contributed by atoms with E-state index in [0.717, 1.165) is 43.9 Å². The Labute approximate surface area is 149 Å². The number of aryl methyl sites for hydroxylation is 1. The van der Waals surface area contributed by atoms with Crippen molar-refractivity contribution in [2.75, 3.05) is 19.7 Å². The SMILES string of the molecule is Cc1cccc(OCC2CCN(C(=O)NCc3ccccc3)CC2)c1. The zero-order valence-electron chi connectivity index (χ0n) is 14.8. The van der Waals surface area contributed by atoms with E-state index in [-0.39, 0.29) is 6.03 Å². The number of ether oxygens (including phenoxy) is 1. The van der Waals surface area contributed by atoms with Crippen molar-refractivity contribution in [2.45, 2.75) is 26.3 Å². The fourth-order valence-corrected chi connectivity index (χ4v) is 3.11. The maximum atomic E-state index is 12.3. The Bertz CT molecular complexity index is 679. The first-order valence-corrected chi connectivity index (χ1v) is 8.97. The molecular weight excluding hydrogens is 312 g/mol. The number of carbonyl (C=O) groups excluding carboxylic acids is 1. The van der Waals surface area contributed by atoms with Crippen LogP contribution in [0.15, 0.2) is 54.6 Å². The summed E-state index contributed by atoms with van der Waals surface area (Å²) >= 11 is 0. The molecule has 2 aromatic carbocycles. The molecule has 2 aromatic rings. The molecule has 1 aliphatic rings. The second-order valence-corrected chi connectivity index (χ2v) is 6.70. The number of urea groups is 1. The zero-order valence-corrected chi connectivity index (χ0v) is 14.8. The lowest BCUT2D eigenvalue weighted by atomic mass is 9.98. The number of hydrogen-bond donors (Lipinski definition) is 1. The highest BCUT2D eigenvalue weighted by molar-refractivity contribution is 5.74. The minimum atomic E-state index is 0.0295. The quantitative estimate of drug-likeness (QED) is 0.895. The predicted molar refractivity (Wildman–Crippen MR) is 99.6 cm³/mol. The van der Waals surface area contributed by atoms with Crippen molar-refractivity contribution < 1.29 is 9.53 Å². The van der Waals surface area contributed by atoms with Crippen molar-refractivity contribution in [1.82, 2.24) is 10.2 Å². The van der Waals surface area contributed by atoms with Crippen LogP contribution in [0.5, 0.6) is 5.75 Å². The number of hydrogen-bond acceptors (Lipinski definition) is 2. The molecule has 0 unspecified atom stereocenters. The Hall–Kier alpha value is -2.49. The van der Waals surface area contributed by atoms with E-state index in [2.05, 4.69) is 24.4 Å². The highest BCUT2D eigenvalue weighted by atomic mass is 16.5. The maximum absolute atomic E-state index is 12.3. The van der Waals surface area contributed by atoms with Crippen molar-refractivity contribution in [3.8, 4) is 5.75 Å². The molecule has 4 nitrogen and oxygen atoms in total. The molecule has 0 bridgehead atoms. The summed E-state index contributed by atoms with van der Waals surface area (Å²) < 4.78 is 5.91. The number of rotatable bonds is 5. The lowest BCUT2D eigenvalue weighted by molar-refractivity contribution is 0.145. The van der Waals surface area contributed by atoms with E-state index >= 15 is 0 Å². The fourth-order valence-electron chi connectivity index (χ4n) is 3.11. The summed E-state index contributed by atoms with van der Waals surface area (Å²) in [7, 11) is 0. The average molecular weight is 338 g/mol. The molecule has 0 aromatic heterocycles. The van der Waals surface area contributed by atoms with Gasteiger partial charge in [-0.15, -0.1) is 0 Å². The van der Waals surface area contributed by atoms with E-state index in [1.165, 1.54) is 5.56 Å². The van der Waals surface area contributed by atoms with Gasteiger partial charge in [0, 0.05) is 19.6 Å². The topological polar surface area (TPSA) is 41.6 Å². The summed E-state index contributed by atoms with van der Waals surface area (Å²) in [4.78, 5) is 14.2. The fraction of sp³-hybridized carbons (Fsp3) is 0.381. The largest absolute Gasteiger partial charge is 0.493 e. The van der Waals surface area contributed by atoms with Gasteiger partial charge in [0.05, 0.1) is 6.61 Å². The van der Waals surface area contributed by atoms with Gasteiger partial charge in [-0.25, -0.2) is 4.79 Å². The van der Waals surface area contributed by atoms with Crippen LogP contribution in [-0.2, 0) is 6.54 Å². The van der Waals surface area contributed by atoms with Gasteiger partial charge in [-0.2, -0.15) is 0 Å². The van der Waals surface area contributed by atoms with Gasteiger partial charge >= 0.3 is 6.03 Å². The van der Waals surface area contributed by atoms with Gasteiger partial charge in [-0.1, -0.05) is 42.5 Å². The van der Waals surface area contributed by atoms with Crippen molar-refractivity contribution in [3.05, 3.63) is 65.7 Å². The molecule has 132 valence electrons. The van der Waals surface area contributed by atoms with Crippen LogP contribution in [0.4, 0.5) is 4.79 Å². The van der Waals surface area contributed by atoms with Gasteiger partial charge < -0.3 is 15.0 Å². The first-order chi connectivity index (χ1) is 12.2. The molecule has 1 saturated heterocycles. The van der Waals surface area contributed by atoms with Crippen molar-refractivity contribution >= 4 is 6.03 Å². The smallest absolute Gasteiger partial charge is 0.317 e. The average Bonchev–Trinajstić information content (AvgIpc) is 2.66. The molecule has 3 rings (SSSR count). The number of nitrogens with zero attached hydrogens (tertiary/aromatic N) is 1. The van der Waals surface area contributed by atoms with Gasteiger partial charge in [-0.3, -0.25) is 0 Å². The van der Waals surface area contributed by atoms with Gasteiger partial charge in [0.25, 0.3) is 0 Å². The van der Waals surface area contributed by atoms with Crippen LogP contribution in [0, 0.1) is 12.8 Å². The molecule has 1 fully saturated rings. The lowest BCUT2D eigenvalue weighted by Gasteiger charge is -2.32. The second-order valence-electron chi connectivity index (χ2n) is 6.70. The molecule has 2 amide bonds. The number of carbonyl (C=O) groups is 1. The summed E-state index contributed by atoms with van der Waals surface area (Å²) in [5.74, 6) is 1.45. The van der Waals surface area contributed by atoms with E-state index in [1.807, 2.05) is 47.4 Å². The normalized spacial score (nSPS) is 15.0. The van der Waals surface area contributed by atoms with E-state index in [4.69, 9.17) is 4.74 Å². The first-order valence-electron chi connectivity index (χ1n) is 8.97. The Balaban J connectivity index is 1.38. The molecule has 1 aliphatic heterocycles. The zero-order chi connectivity index (χ0) is 17.5. The Morgan fingerprint density at radius 2 is 1.88 bits per heavy atom.